The Morgan fingerprint density at radius 3 is 2.96 bits per heavy atom. The average molecular weight is 316 g/mol. The third-order valence-electron chi connectivity index (χ3n) is 4.44. The minimum atomic E-state index is -0.215. The van der Waals surface area contributed by atoms with Crippen LogP contribution in [0.5, 0.6) is 5.75 Å². The van der Waals surface area contributed by atoms with Gasteiger partial charge in [0.1, 0.15) is 5.75 Å². The molecule has 124 valence electrons. The van der Waals surface area contributed by atoms with Crippen LogP contribution in [0.3, 0.4) is 0 Å². The Labute approximate surface area is 135 Å². The Hall–Kier alpha value is -1.85. The molecule has 1 aromatic heterocycles. The van der Waals surface area contributed by atoms with Crippen LogP contribution in [0.4, 0.5) is 0 Å². The summed E-state index contributed by atoms with van der Waals surface area (Å²) in [7, 11) is 0. The van der Waals surface area contributed by atoms with Crippen molar-refractivity contribution in [1.29, 1.82) is 0 Å². The predicted molar refractivity (Wildman–Crippen MR) is 90.9 cm³/mol. The summed E-state index contributed by atoms with van der Waals surface area (Å²) < 4.78 is 5.82. The molecule has 3 N–H and O–H groups in total. The molecule has 5 nitrogen and oxygen atoms in total. The topological polar surface area (TPSA) is 74.3 Å². The number of aliphatic hydroxyl groups is 1. The number of aliphatic hydroxyl groups excluding tert-OH is 1. The maximum absolute atomic E-state index is 11.5. The van der Waals surface area contributed by atoms with Crippen LogP contribution in [0.1, 0.15) is 32.1 Å². The number of ether oxygens (including phenoxy) is 1. The molecule has 1 aromatic carbocycles. The summed E-state index contributed by atoms with van der Waals surface area (Å²) in [5, 5.41) is 14.3. The zero-order valence-electron chi connectivity index (χ0n) is 13.3. The van der Waals surface area contributed by atoms with E-state index >= 15 is 0 Å². The number of fused-ring (bicyclic) bond motifs is 1. The van der Waals surface area contributed by atoms with Crippen molar-refractivity contribution in [3.05, 3.63) is 40.7 Å². The summed E-state index contributed by atoms with van der Waals surface area (Å²) in [6, 6.07) is 9.28. The normalized spacial score (nSPS) is 21.4. The largest absolute Gasteiger partial charge is 0.491 e. The Morgan fingerprint density at radius 2 is 2.09 bits per heavy atom. The number of pyridine rings is 1. The quantitative estimate of drug-likeness (QED) is 0.714. The van der Waals surface area contributed by atoms with Crippen LogP contribution in [-0.4, -0.2) is 35.4 Å². The minimum absolute atomic E-state index is 0.124. The first-order valence-corrected chi connectivity index (χ1v) is 8.40. The van der Waals surface area contributed by atoms with Crippen molar-refractivity contribution in [3.63, 3.8) is 0 Å². The highest BCUT2D eigenvalue weighted by molar-refractivity contribution is 5.84. The second kappa shape index (κ2) is 7.62. The highest BCUT2D eigenvalue weighted by atomic mass is 16.5. The summed E-state index contributed by atoms with van der Waals surface area (Å²) in [5.41, 5.74) is 0.622. The molecule has 3 rings (SSSR count). The van der Waals surface area contributed by atoms with Crippen LogP contribution in [0.2, 0.25) is 0 Å². The van der Waals surface area contributed by atoms with Crippen molar-refractivity contribution in [3.8, 4) is 5.75 Å². The summed E-state index contributed by atoms with van der Waals surface area (Å²) in [6.45, 7) is 1.40. The first-order chi connectivity index (χ1) is 11.2. The minimum Gasteiger partial charge on any atom is -0.491 e. The van der Waals surface area contributed by atoms with Gasteiger partial charge >= 0.3 is 0 Å². The number of aromatic amines is 1. The van der Waals surface area contributed by atoms with E-state index in [1.54, 1.807) is 6.07 Å². The molecule has 0 aliphatic heterocycles. The molecule has 0 spiro atoms. The zero-order valence-corrected chi connectivity index (χ0v) is 13.3. The van der Waals surface area contributed by atoms with Gasteiger partial charge in [0.25, 0.3) is 0 Å². The van der Waals surface area contributed by atoms with Crippen molar-refractivity contribution in [1.82, 2.24) is 10.3 Å². The molecule has 1 heterocycles. The molecule has 2 unspecified atom stereocenters. The van der Waals surface area contributed by atoms with Crippen molar-refractivity contribution >= 4 is 10.9 Å². The maximum atomic E-state index is 11.5. The standard InChI is InChI=1S/C18H24N2O3/c21-15-7-2-1-6-14(15)19-11-4-12-23-16-8-3-5-13-9-10-17(22)20-18(13)16/h3,5,8-10,14-15,19,21H,1-2,4,6-7,11-12H2,(H,20,22). The van der Waals surface area contributed by atoms with E-state index in [1.165, 1.54) is 12.5 Å². The molecule has 0 amide bonds. The predicted octanol–water partition coefficient (Wildman–Crippen LogP) is 2.19. The maximum Gasteiger partial charge on any atom is 0.248 e. The van der Waals surface area contributed by atoms with Gasteiger partial charge in [0, 0.05) is 17.5 Å². The van der Waals surface area contributed by atoms with Crippen LogP contribution in [0, 0.1) is 0 Å². The monoisotopic (exact) mass is 316 g/mol. The van der Waals surface area contributed by atoms with Gasteiger partial charge in [0.15, 0.2) is 0 Å². The van der Waals surface area contributed by atoms with Gasteiger partial charge in [-0.25, -0.2) is 0 Å². The van der Waals surface area contributed by atoms with Crippen LogP contribution in [-0.2, 0) is 0 Å². The zero-order chi connectivity index (χ0) is 16.1. The Morgan fingerprint density at radius 1 is 1.22 bits per heavy atom. The fourth-order valence-corrected chi connectivity index (χ4v) is 3.16. The lowest BCUT2D eigenvalue weighted by atomic mass is 9.92. The molecule has 1 aliphatic rings. The Kier molecular flexibility index (Phi) is 5.31. The lowest BCUT2D eigenvalue weighted by Crippen LogP contribution is -2.42. The fraction of sp³-hybridized carbons (Fsp3) is 0.500. The Bertz CT molecular complexity index is 698. The van der Waals surface area contributed by atoms with E-state index in [2.05, 4.69) is 10.3 Å². The first kappa shape index (κ1) is 16.0. The molecule has 1 fully saturated rings. The van der Waals surface area contributed by atoms with Crippen LogP contribution in [0.15, 0.2) is 35.1 Å². The first-order valence-electron chi connectivity index (χ1n) is 8.40. The highest BCUT2D eigenvalue weighted by Crippen LogP contribution is 2.22. The average Bonchev–Trinajstić information content (AvgIpc) is 2.56. The lowest BCUT2D eigenvalue weighted by Gasteiger charge is -2.28. The van der Waals surface area contributed by atoms with Gasteiger partial charge in [-0.1, -0.05) is 25.0 Å². The van der Waals surface area contributed by atoms with Gasteiger partial charge in [0.2, 0.25) is 5.56 Å². The van der Waals surface area contributed by atoms with E-state index in [-0.39, 0.29) is 17.7 Å². The molecule has 5 heteroatoms. The Balaban J connectivity index is 1.49. The molecule has 1 saturated carbocycles. The van der Waals surface area contributed by atoms with Gasteiger partial charge in [-0.15, -0.1) is 0 Å². The number of para-hydroxylation sites is 1. The van der Waals surface area contributed by atoms with Crippen molar-refractivity contribution in [2.45, 2.75) is 44.2 Å². The van der Waals surface area contributed by atoms with Gasteiger partial charge in [-0.3, -0.25) is 4.79 Å². The van der Waals surface area contributed by atoms with Crippen LogP contribution >= 0.6 is 0 Å². The lowest BCUT2D eigenvalue weighted by molar-refractivity contribution is 0.0904. The fourth-order valence-electron chi connectivity index (χ4n) is 3.16. The van der Waals surface area contributed by atoms with E-state index in [4.69, 9.17) is 4.74 Å². The number of rotatable bonds is 6. The van der Waals surface area contributed by atoms with E-state index in [0.717, 1.165) is 43.1 Å². The molecule has 2 aromatic rings. The van der Waals surface area contributed by atoms with Gasteiger partial charge in [-0.2, -0.15) is 0 Å². The molecule has 2 atom stereocenters. The highest BCUT2D eigenvalue weighted by Gasteiger charge is 2.21. The van der Waals surface area contributed by atoms with Crippen LogP contribution < -0.4 is 15.6 Å². The summed E-state index contributed by atoms with van der Waals surface area (Å²) in [6.07, 6.45) is 4.91. The van der Waals surface area contributed by atoms with E-state index < -0.39 is 0 Å². The molecule has 0 radical (unpaired) electrons. The second-order valence-corrected chi connectivity index (χ2v) is 6.16. The van der Waals surface area contributed by atoms with E-state index in [0.29, 0.717) is 12.4 Å². The number of H-pyrrole nitrogens is 1. The van der Waals surface area contributed by atoms with Crippen molar-refractivity contribution in [2.24, 2.45) is 0 Å². The van der Waals surface area contributed by atoms with Crippen molar-refractivity contribution < 1.29 is 9.84 Å². The SMILES string of the molecule is O=c1ccc2cccc(OCCCNC3CCCCC3O)c2[nH]1. The van der Waals surface area contributed by atoms with Gasteiger partial charge in [-0.05, 0) is 37.9 Å². The third-order valence-corrected chi connectivity index (χ3v) is 4.44. The third kappa shape index (κ3) is 4.12. The molecular formula is C18H24N2O3. The van der Waals surface area contributed by atoms with Gasteiger partial charge < -0.3 is 20.1 Å². The number of nitrogens with one attached hydrogen (secondary N) is 2. The second-order valence-electron chi connectivity index (χ2n) is 6.16. The van der Waals surface area contributed by atoms with E-state index in [9.17, 15) is 9.90 Å². The summed E-state index contributed by atoms with van der Waals surface area (Å²) in [5.74, 6) is 0.706. The molecule has 0 bridgehead atoms. The van der Waals surface area contributed by atoms with E-state index in [1.807, 2.05) is 18.2 Å². The number of benzene rings is 1. The number of hydrogen-bond acceptors (Lipinski definition) is 4. The molecule has 1 aliphatic carbocycles. The summed E-state index contributed by atoms with van der Waals surface area (Å²) >= 11 is 0. The van der Waals surface area contributed by atoms with Crippen LogP contribution in [0.25, 0.3) is 10.9 Å². The number of hydrogen-bond donors (Lipinski definition) is 3. The summed E-state index contributed by atoms with van der Waals surface area (Å²) in [4.78, 5) is 14.3. The van der Waals surface area contributed by atoms with Gasteiger partial charge in [0.05, 0.1) is 18.2 Å². The smallest absolute Gasteiger partial charge is 0.248 e. The number of aromatic nitrogens is 1. The molecule has 0 saturated heterocycles. The molecule has 23 heavy (non-hydrogen) atoms. The molecular weight excluding hydrogens is 292 g/mol. The van der Waals surface area contributed by atoms with Crippen molar-refractivity contribution in [2.75, 3.05) is 13.2 Å².